The van der Waals surface area contributed by atoms with E-state index < -0.39 is 10.0 Å². The zero-order valence-electron chi connectivity index (χ0n) is 17.4. The van der Waals surface area contributed by atoms with Gasteiger partial charge in [0.25, 0.3) is 0 Å². The van der Waals surface area contributed by atoms with Gasteiger partial charge in [-0.2, -0.15) is 0 Å². The number of aromatic nitrogens is 2. The molecule has 1 aromatic carbocycles. The molecule has 0 saturated carbocycles. The number of ether oxygens (including phenoxy) is 1. The molecule has 0 N–H and O–H groups in total. The first-order valence-corrected chi connectivity index (χ1v) is 10.9. The Morgan fingerprint density at radius 2 is 1.71 bits per heavy atom. The van der Waals surface area contributed by atoms with Crippen molar-refractivity contribution in [2.24, 2.45) is 0 Å². The monoisotopic (exact) mass is 409 g/mol. The van der Waals surface area contributed by atoms with Gasteiger partial charge in [-0.15, -0.1) is 0 Å². The van der Waals surface area contributed by atoms with Crippen LogP contribution in [0, 0.1) is 5.82 Å². The van der Waals surface area contributed by atoms with Crippen LogP contribution in [-0.4, -0.2) is 37.3 Å². The molecule has 2 aromatic rings. The summed E-state index contributed by atoms with van der Waals surface area (Å²) in [5.41, 5.74) is 2.29. The molecule has 2 rings (SSSR count). The van der Waals surface area contributed by atoms with Crippen LogP contribution in [0.1, 0.15) is 51.8 Å². The van der Waals surface area contributed by atoms with Crippen LogP contribution in [0.3, 0.4) is 0 Å². The zero-order valence-corrected chi connectivity index (χ0v) is 18.3. The maximum atomic E-state index is 13.4. The van der Waals surface area contributed by atoms with Crippen LogP contribution >= 0.6 is 0 Å². The second-order valence-electron chi connectivity index (χ2n) is 8.03. The van der Waals surface area contributed by atoms with Gasteiger partial charge in [0.2, 0.25) is 16.0 Å². The maximum Gasteiger partial charge on any atom is 0.239 e. The van der Waals surface area contributed by atoms with Crippen molar-refractivity contribution >= 4 is 16.0 Å². The smallest absolute Gasteiger partial charge is 0.239 e. The van der Waals surface area contributed by atoms with Crippen LogP contribution in [0.25, 0.3) is 11.3 Å². The van der Waals surface area contributed by atoms with Crippen LogP contribution in [-0.2, 0) is 21.4 Å². The van der Waals surface area contributed by atoms with Gasteiger partial charge in [0.15, 0.2) is 0 Å². The van der Waals surface area contributed by atoms with Crippen LogP contribution in [0.15, 0.2) is 24.3 Å². The Morgan fingerprint density at radius 1 is 1.14 bits per heavy atom. The third kappa shape index (κ3) is 5.48. The van der Waals surface area contributed by atoms with E-state index in [0.717, 1.165) is 16.1 Å². The highest BCUT2D eigenvalue weighted by atomic mass is 32.2. The van der Waals surface area contributed by atoms with Gasteiger partial charge in [-0.1, -0.05) is 13.8 Å². The summed E-state index contributed by atoms with van der Waals surface area (Å²) in [6.45, 7) is 10.1. The van der Waals surface area contributed by atoms with Crippen LogP contribution in [0.5, 0.6) is 0 Å². The lowest BCUT2D eigenvalue weighted by atomic mass is 9.98. The molecular weight excluding hydrogens is 381 g/mol. The minimum atomic E-state index is -3.54. The summed E-state index contributed by atoms with van der Waals surface area (Å²) in [5, 5.41) is 0. The predicted octanol–water partition coefficient (Wildman–Crippen LogP) is 4.12. The van der Waals surface area contributed by atoms with Gasteiger partial charge in [-0.3, -0.25) is 0 Å². The highest BCUT2D eigenvalue weighted by Gasteiger charge is 2.24. The first-order valence-electron chi connectivity index (χ1n) is 9.04. The van der Waals surface area contributed by atoms with E-state index in [4.69, 9.17) is 4.74 Å². The van der Waals surface area contributed by atoms with Crippen molar-refractivity contribution < 1.29 is 17.5 Å². The minimum absolute atomic E-state index is 0.00692. The Bertz CT molecular complexity index is 936. The average molecular weight is 410 g/mol. The molecule has 0 atom stereocenters. The average Bonchev–Trinajstić information content (AvgIpc) is 2.57. The van der Waals surface area contributed by atoms with E-state index >= 15 is 0 Å². The maximum absolute atomic E-state index is 13.4. The van der Waals surface area contributed by atoms with E-state index in [1.54, 1.807) is 12.1 Å². The van der Waals surface area contributed by atoms with Gasteiger partial charge in [0, 0.05) is 18.2 Å². The van der Waals surface area contributed by atoms with Gasteiger partial charge in [-0.25, -0.2) is 27.1 Å². The molecule has 0 spiro atoms. The van der Waals surface area contributed by atoms with E-state index in [-0.39, 0.29) is 29.9 Å². The van der Waals surface area contributed by atoms with Crippen LogP contribution < -0.4 is 4.31 Å². The topological polar surface area (TPSA) is 72.4 Å². The lowest BCUT2D eigenvalue weighted by molar-refractivity contribution is -0.0153. The highest BCUT2D eigenvalue weighted by Crippen LogP contribution is 2.32. The number of sulfonamides is 1. The third-order valence-corrected chi connectivity index (χ3v) is 5.28. The number of hydrogen-bond donors (Lipinski definition) is 0. The molecule has 1 aromatic heterocycles. The van der Waals surface area contributed by atoms with Crippen molar-refractivity contribution in [1.29, 1.82) is 0 Å². The van der Waals surface area contributed by atoms with Gasteiger partial charge in [0.1, 0.15) is 5.82 Å². The number of rotatable bonds is 6. The number of anilines is 1. The van der Waals surface area contributed by atoms with Crippen molar-refractivity contribution in [3.63, 3.8) is 0 Å². The minimum Gasteiger partial charge on any atom is -0.371 e. The molecular formula is C20H28FN3O3S. The second kappa shape index (κ2) is 8.13. The van der Waals surface area contributed by atoms with Crippen molar-refractivity contribution in [2.45, 2.75) is 52.7 Å². The fourth-order valence-corrected chi connectivity index (χ4v) is 2.91. The fourth-order valence-electron chi connectivity index (χ4n) is 2.53. The predicted molar refractivity (Wildman–Crippen MR) is 109 cm³/mol. The van der Waals surface area contributed by atoms with E-state index in [9.17, 15) is 12.8 Å². The molecule has 0 aliphatic heterocycles. The summed E-state index contributed by atoms with van der Waals surface area (Å²) >= 11 is 0. The summed E-state index contributed by atoms with van der Waals surface area (Å²) in [5.74, 6) is -0.277. The lowest BCUT2D eigenvalue weighted by Crippen LogP contribution is -2.28. The molecule has 1 heterocycles. The van der Waals surface area contributed by atoms with E-state index in [1.807, 2.05) is 34.6 Å². The van der Waals surface area contributed by atoms with E-state index in [1.165, 1.54) is 19.2 Å². The van der Waals surface area contributed by atoms with Gasteiger partial charge >= 0.3 is 0 Å². The fraction of sp³-hybridized carbons (Fsp3) is 0.500. The summed E-state index contributed by atoms with van der Waals surface area (Å²) in [4.78, 5) is 9.04. The SMILES string of the molecule is CC(C)c1nc(N(C)S(C)(=O)=O)nc(-c2ccc(F)cc2)c1COC(C)(C)C. The second-order valence-corrected chi connectivity index (χ2v) is 10.0. The molecule has 8 heteroatoms. The number of hydrogen-bond acceptors (Lipinski definition) is 5. The Balaban J connectivity index is 2.74. The first-order chi connectivity index (χ1) is 12.8. The van der Waals surface area contributed by atoms with Crippen molar-refractivity contribution in [1.82, 2.24) is 9.97 Å². The zero-order chi connectivity index (χ0) is 21.3. The summed E-state index contributed by atoms with van der Waals surface area (Å²) in [6, 6.07) is 5.93. The number of nitrogens with zero attached hydrogens (tertiary/aromatic N) is 3. The summed E-state index contributed by atoms with van der Waals surface area (Å²) in [6.07, 6.45) is 1.10. The molecule has 154 valence electrons. The van der Waals surface area contributed by atoms with Gasteiger partial charge in [-0.05, 0) is 51.0 Å². The molecule has 0 unspecified atom stereocenters. The molecule has 0 fully saturated rings. The van der Waals surface area contributed by atoms with Crippen molar-refractivity contribution in [3.05, 3.63) is 41.3 Å². The third-order valence-electron chi connectivity index (χ3n) is 4.12. The van der Waals surface area contributed by atoms with Crippen LogP contribution in [0.2, 0.25) is 0 Å². The lowest BCUT2D eigenvalue weighted by Gasteiger charge is -2.24. The summed E-state index contributed by atoms with van der Waals surface area (Å²) < 4.78 is 44.5. The van der Waals surface area contributed by atoms with E-state index in [0.29, 0.717) is 17.0 Å². The number of benzene rings is 1. The Hall–Kier alpha value is -2.06. The van der Waals surface area contributed by atoms with E-state index in [2.05, 4.69) is 9.97 Å². The molecule has 0 bridgehead atoms. The first kappa shape index (κ1) is 22.2. The molecule has 0 aliphatic carbocycles. The standard InChI is InChI=1S/C20H28FN3O3S/c1-13(2)17-16(12-27-20(3,4)5)18(14-8-10-15(21)11-9-14)23-19(22-17)24(6)28(7,25)26/h8-11,13H,12H2,1-7H3. The molecule has 0 radical (unpaired) electrons. The Kier molecular flexibility index (Phi) is 6.45. The quantitative estimate of drug-likeness (QED) is 0.718. The highest BCUT2D eigenvalue weighted by molar-refractivity contribution is 7.92. The molecule has 0 aliphatic rings. The molecule has 28 heavy (non-hydrogen) atoms. The molecule has 0 amide bonds. The molecule has 6 nitrogen and oxygen atoms in total. The normalized spacial score (nSPS) is 12.5. The van der Waals surface area contributed by atoms with Gasteiger partial charge < -0.3 is 4.74 Å². The van der Waals surface area contributed by atoms with Crippen molar-refractivity contribution in [2.75, 3.05) is 17.6 Å². The molecule has 0 saturated heterocycles. The van der Waals surface area contributed by atoms with Crippen molar-refractivity contribution in [3.8, 4) is 11.3 Å². The van der Waals surface area contributed by atoms with Crippen LogP contribution in [0.4, 0.5) is 10.3 Å². The Morgan fingerprint density at radius 3 is 2.18 bits per heavy atom. The largest absolute Gasteiger partial charge is 0.371 e. The number of halogens is 1. The van der Waals surface area contributed by atoms with Gasteiger partial charge in [0.05, 0.1) is 29.9 Å². The summed E-state index contributed by atoms with van der Waals surface area (Å²) in [7, 11) is -2.12. The Labute approximate surface area is 166 Å².